The van der Waals surface area contributed by atoms with Gasteiger partial charge in [-0.05, 0) is 6.07 Å². The highest BCUT2D eigenvalue weighted by Crippen LogP contribution is 2.08. The fourth-order valence-corrected chi connectivity index (χ4v) is 0.926. The summed E-state index contributed by atoms with van der Waals surface area (Å²) in [5.74, 6) is 0. The molecule has 0 saturated carbocycles. The largest absolute Gasteiger partial charge is 1.00 e. The lowest BCUT2D eigenvalue weighted by atomic mass is 10.3. The van der Waals surface area contributed by atoms with Gasteiger partial charge >= 0.3 is 1.43 Å². The first kappa shape index (κ1) is 4.62. The number of para-hydroxylation sites is 1. The van der Waals surface area contributed by atoms with Crippen molar-refractivity contribution in [3.63, 3.8) is 0 Å². The highest BCUT2D eigenvalue weighted by molar-refractivity contribution is 5.78. The van der Waals surface area contributed by atoms with E-state index in [9.17, 15) is 0 Å². The molecule has 0 unspecified atom stereocenters. The van der Waals surface area contributed by atoms with Crippen LogP contribution < -0.4 is 0 Å². The molecule has 2 rings (SSSR count). The van der Waals surface area contributed by atoms with Crippen LogP contribution >= 0.6 is 0 Å². The van der Waals surface area contributed by atoms with Crippen LogP contribution in [0.5, 0.6) is 0 Å². The molecule has 1 aromatic heterocycles. The van der Waals surface area contributed by atoms with E-state index in [1.54, 1.807) is 0 Å². The number of rotatable bonds is 0. The number of fused-ring (bicyclic) bond motifs is 1. The fourth-order valence-electron chi connectivity index (χ4n) is 0.926. The van der Waals surface area contributed by atoms with Crippen LogP contribution in [0.25, 0.3) is 10.9 Å². The van der Waals surface area contributed by atoms with E-state index >= 15 is 0 Å². The Bertz CT molecular complexity index is 283. The molecular weight excluding hydrogens is 110 g/mol. The molecule has 1 aromatic carbocycles. The molecule has 43 valence electrons. The normalized spacial score (nSPS) is 10.2. The van der Waals surface area contributed by atoms with Crippen molar-refractivity contribution in [2.45, 2.75) is 0 Å². The second-order valence-electron chi connectivity index (χ2n) is 1.98. The highest BCUT2D eigenvalue weighted by Gasteiger charge is 1.87. The smallest absolute Gasteiger partial charge is 0.361 e. The van der Waals surface area contributed by atoms with Gasteiger partial charge in [-0.15, -0.1) is 0 Å². The van der Waals surface area contributed by atoms with Crippen LogP contribution in [-0.4, -0.2) is 4.98 Å². The maximum absolute atomic E-state index is 3.06. The summed E-state index contributed by atoms with van der Waals surface area (Å²) in [5.41, 5.74) is 1.15. The van der Waals surface area contributed by atoms with Gasteiger partial charge in [0.05, 0.1) is 0 Å². The van der Waals surface area contributed by atoms with Gasteiger partial charge in [-0.1, -0.05) is 18.2 Å². The highest BCUT2D eigenvalue weighted by atomic mass is 14.6. The summed E-state index contributed by atoms with van der Waals surface area (Å²) >= 11 is 0. The van der Waals surface area contributed by atoms with Crippen molar-refractivity contribution in [1.29, 1.82) is 0 Å². The summed E-state index contributed by atoms with van der Waals surface area (Å²) in [6, 6.07) is 11.1. The molecule has 0 saturated heterocycles. The van der Waals surface area contributed by atoms with Gasteiger partial charge < -0.3 is 4.98 Å². The maximum atomic E-state index is 3.06. The summed E-state index contributed by atoms with van der Waals surface area (Å²) in [4.78, 5) is 3.06. The molecule has 1 radical (unpaired) electrons. The summed E-state index contributed by atoms with van der Waals surface area (Å²) in [6.07, 6.45) is 1.82. The SMILES string of the molecule is [H+].[c]1c[nH]c2ccccc12. The van der Waals surface area contributed by atoms with Gasteiger partial charge in [0.1, 0.15) is 0 Å². The number of H-pyrrole nitrogens is 1. The van der Waals surface area contributed by atoms with E-state index in [-0.39, 0.29) is 1.43 Å². The summed E-state index contributed by atoms with van der Waals surface area (Å²) < 4.78 is 0. The minimum Gasteiger partial charge on any atom is -0.361 e. The zero-order valence-electron chi connectivity index (χ0n) is 5.89. The van der Waals surface area contributed by atoms with Crippen molar-refractivity contribution < 1.29 is 1.43 Å². The minimum absolute atomic E-state index is 0. The predicted molar refractivity (Wildman–Crippen MR) is 38.2 cm³/mol. The van der Waals surface area contributed by atoms with Crippen molar-refractivity contribution in [3.05, 3.63) is 36.5 Å². The molecule has 2 aromatic rings. The Balaban J connectivity index is 0.000000500. The molecule has 0 aliphatic carbocycles. The average Bonchev–Trinajstić information content (AvgIpc) is 2.33. The molecule has 0 bridgehead atoms. The molecule has 1 heterocycles. The van der Waals surface area contributed by atoms with Crippen LogP contribution in [0.1, 0.15) is 1.43 Å². The molecule has 0 amide bonds. The lowest BCUT2D eigenvalue weighted by molar-refractivity contribution is 1.47. The Morgan fingerprint density at radius 1 is 1.33 bits per heavy atom. The van der Waals surface area contributed by atoms with Gasteiger partial charge in [0.25, 0.3) is 0 Å². The lowest BCUT2D eigenvalue weighted by Gasteiger charge is -1.82. The fraction of sp³-hybridized carbons (Fsp3) is 0. The molecular formula is C8H7N+. The third kappa shape index (κ3) is 0.617. The van der Waals surface area contributed by atoms with Crippen LogP contribution in [-0.2, 0) is 0 Å². The monoisotopic (exact) mass is 117 g/mol. The maximum Gasteiger partial charge on any atom is 1.00 e. The van der Waals surface area contributed by atoms with Crippen LogP contribution in [0.2, 0.25) is 0 Å². The second-order valence-corrected chi connectivity index (χ2v) is 1.98. The second kappa shape index (κ2) is 1.62. The van der Waals surface area contributed by atoms with E-state index in [2.05, 4.69) is 11.1 Å². The lowest BCUT2D eigenvalue weighted by Crippen LogP contribution is -1.61. The molecule has 0 spiro atoms. The van der Waals surface area contributed by atoms with E-state index in [0.29, 0.717) is 0 Å². The zero-order valence-corrected chi connectivity index (χ0v) is 4.89. The number of hydrogen-bond acceptors (Lipinski definition) is 0. The van der Waals surface area contributed by atoms with E-state index in [1.807, 2.05) is 30.5 Å². The average molecular weight is 117 g/mol. The van der Waals surface area contributed by atoms with E-state index in [4.69, 9.17) is 0 Å². The van der Waals surface area contributed by atoms with Gasteiger partial charge in [0.2, 0.25) is 0 Å². The van der Waals surface area contributed by atoms with Crippen LogP contribution in [0.15, 0.2) is 30.5 Å². The quantitative estimate of drug-likeness (QED) is 0.543. The number of aromatic amines is 1. The zero-order chi connectivity index (χ0) is 6.10. The summed E-state index contributed by atoms with van der Waals surface area (Å²) in [6.45, 7) is 0. The third-order valence-corrected chi connectivity index (χ3v) is 1.38. The van der Waals surface area contributed by atoms with Gasteiger partial charge in [0, 0.05) is 23.2 Å². The van der Waals surface area contributed by atoms with Crippen molar-refractivity contribution in [1.82, 2.24) is 4.98 Å². The van der Waals surface area contributed by atoms with Crippen molar-refractivity contribution in [3.8, 4) is 0 Å². The Labute approximate surface area is 54.8 Å². The van der Waals surface area contributed by atoms with Gasteiger partial charge in [-0.3, -0.25) is 0 Å². The van der Waals surface area contributed by atoms with Crippen LogP contribution in [0.4, 0.5) is 0 Å². The number of nitrogens with one attached hydrogen (secondary N) is 1. The first-order chi connectivity index (χ1) is 4.47. The molecule has 1 heteroatoms. The Morgan fingerprint density at radius 2 is 2.22 bits per heavy atom. The molecule has 0 fully saturated rings. The minimum atomic E-state index is 0. The predicted octanol–water partition coefficient (Wildman–Crippen LogP) is 2.08. The Hall–Kier alpha value is -1.24. The van der Waals surface area contributed by atoms with E-state index < -0.39 is 0 Å². The standard InChI is InChI=1S/C8H6N/c1-2-4-8-7(3-1)5-6-9-8/h1-4,6,9H/p+1. The van der Waals surface area contributed by atoms with E-state index in [0.717, 1.165) is 10.9 Å². The molecule has 0 atom stereocenters. The Morgan fingerprint density at radius 3 is 3.11 bits per heavy atom. The van der Waals surface area contributed by atoms with Crippen molar-refractivity contribution in [2.75, 3.05) is 0 Å². The third-order valence-electron chi connectivity index (χ3n) is 1.38. The van der Waals surface area contributed by atoms with Gasteiger partial charge in [-0.2, -0.15) is 0 Å². The van der Waals surface area contributed by atoms with Crippen molar-refractivity contribution in [2.24, 2.45) is 0 Å². The summed E-state index contributed by atoms with van der Waals surface area (Å²) in [5, 5.41) is 1.15. The Kier molecular flexibility index (Phi) is 0.833. The summed E-state index contributed by atoms with van der Waals surface area (Å²) in [7, 11) is 0. The number of hydrogen-bond donors (Lipinski definition) is 1. The molecule has 9 heavy (non-hydrogen) atoms. The topological polar surface area (TPSA) is 15.8 Å². The van der Waals surface area contributed by atoms with Crippen LogP contribution in [0.3, 0.4) is 0 Å². The van der Waals surface area contributed by atoms with E-state index in [1.165, 1.54) is 0 Å². The van der Waals surface area contributed by atoms with Gasteiger partial charge in [0.15, 0.2) is 0 Å². The van der Waals surface area contributed by atoms with Crippen LogP contribution in [0, 0.1) is 6.07 Å². The molecule has 1 N–H and O–H groups in total. The first-order valence-electron chi connectivity index (χ1n) is 2.90. The number of benzene rings is 1. The van der Waals surface area contributed by atoms with Crippen molar-refractivity contribution >= 4 is 10.9 Å². The number of aromatic nitrogens is 1. The molecule has 0 aliphatic rings. The van der Waals surface area contributed by atoms with Gasteiger partial charge in [-0.25, -0.2) is 0 Å². The first-order valence-corrected chi connectivity index (χ1v) is 2.90. The molecule has 1 nitrogen and oxygen atoms in total. The molecule has 0 aliphatic heterocycles.